The molecule has 1 aromatic heterocycles. The monoisotopic (exact) mass is 261 g/mol. The van der Waals surface area contributed by atoms with Gasteiger partial charge in [0.25, 0.3) is 0 Å². The minimum absolute atomic E-state index is 0.416. The summed E-state index contributed by atoms with van der Waals surface area (Å²) in [5.41, 5.74) is 2.28. The summed E-state index contributed by atoms with van der Waals surface area (Å²) in [6, 6.07) is 8.67. The summed E-state index contributed by atoms with van der Waals surface area (Å²) < 4.78 is 7.59. The Hall–Kier alpha value is -1.39. The highest BCUT2D eigenvalue weighted by Gasteiger charge is 2.02. The van der Waals surface area contributed by atoms with Crippen molar-refractivity contribution in [1.82, 2.24) is 14.9 Å². The number of nitrogens with one attached hydrogen (secondary N) is 1. The molecule has 4 heteroatoms. The van der Waals surface area contributed by atoms with Gasteiger partial charge in [0, 0.05) is 19.2 Å². The second-order valence-electron chi connectivity index (χ2n) is 4.79. The first-order valence-corrected chi connectivity index (χ1v) is 7.02. The van der Waals surface area contributed by atoms with E-state index in [1.807, 2.05) is 25.4 Å². The van der Waals surface area contributed by atoms with Crippen LogP contribution in [0.4, 0.5) is 0 Å². The van der Waals surface area contributed by atoms with Gasteiger partial charge in [-0.2, -0.15) is 0 Å². The largest absolute Gasteiger partial charge is 0.380 e. The van der Waals surface area contributed by atoms with Gasteiger partial charge in [0.05, 0.1) is 24.0 Å². The van der Waals surface area contributed by atoms with Crippen LogP contribution >= 0.6 is 0 Å². The standard InChI is InChI=1S/C15H23N3O/c1-3-19-11-13(2)16-9-6-10-18-12-17-14-7-4-5-8-15(14)18/h4-5,7-8,12-13,16H,3,6,9-11H2,1-2H3. The normalized spacial score (nSPS) is 12.9. The molecule has 2 rings (SSSR count). The molecule has 0 fully saturated rings. The predicted molar refractivity (Wildman–Crippen MR) is 78.3 cm³/mol. The van der Waals surface area contributed by atoms with Gasteiger partial charge in [0.2, 0.25) is 0 Å². The van der Waals surface area contributed by atoms with Crippen LogP contribution in [0.25, 0.3) is 11.0 Å². The van der Waals surface area contributed by atoms with Crippen LogP contribution in [0.2, 0.25) is 0 Å². The molecule has 1 unspecified atom stereocenters. The molecule has 104 valence electrons. The van der Waals surface area contributed by atoms with Gasteiger partial charge in [-0.05, 0) is 38.9 Å². The van der Waals surface area contributed by atoms with E-state index in [0.717, 1.165) is 38.2 Å². The summed E-state index contributed by atoms with van der Waals surface area (Å²) in [5, 5.41) is 3.47. The summed E-state index contributed by atoms with van der Waals surface area (Å²) in [6.45, 7) is 7.74. The van der Waals surface area contributed by atoms with Crippen LogP contribution in [-0.2, 0) is 11.3 Å². The van der Waals surface area contributed by atoms with Crippen LogP contribution in [0.15, 0.2) is 30.6 Å². The van der Waals surface area contributed by atoms with Gasteiger partial charge in [0.1, 0.15) is 0 Å². The third kappa shape index (κ3) is 4.04. The number of rotatable bonds is 8. The molecule has 1 N–H and O–H groups in total. The fourth-order valence-corrected chi connectivity index (χ4v) is 2.14. The van der Waals surface area contributed by atoms with Crippen molar-refractivity contribution in [2.75, 3.05) is 19.8 Å². The van der Waals surface area contributed by atoms with E-state index in [-0.39, 0.29) is 0 Å². The van der Waals surface area contributed by atoms with E-state index < -0.39 is 0 Å². The highest BCUT2D eigenvalue weighted by Crippen LogP contribution is 2.11. The molecule has 19 heavy (non-hydrogen) atoms. The Kier molecular flexibility index (Phi) is 5.36. The zero-order valence-electron chi connectivity index (χ0n) is 11.8. The highest BCUT2D eigenvalue weighted by atomic mass is 16.5. The number of aryl methyl sites for hydroxylation is 1. The first kappa shape index (κ1) is 14.0. The summed E-state index contributed by atoms with van der Waals surface area (Å²) >= 11 is 0. The molecule has 1 heterocycles. The van der Waals surface area contributed by atoms with Gasteiger partial charge in [0.15, 0.2) is 0 Å². The second-order valence-corrected chi connectivity index (χ2v) is 4.79. The van der Waals surface area contributed by atoms with Gasteiger partial charge in [-0.3, -0.25) is 0 Å². The van der Waals surface area contributed by atoms with Gasteiger partial charge < -0.3 is 14.6 Å². The van der Waals surface area contributed by atoms with Crippen molar-refractivity contribution < 1.29 is 4.74 Å². The van der Waals surface area contributed by atoms with E-state index in [1.165, 1.54) is 5.52 Å². The second kappa shape index (κ2) is 7.26. The number of fused-ring (bicyclic) bond motifs is 1. The fourth-order valence-electron chi connectivity index (χ4n) is 2.14. The lowest BCUT2D eigenvalue weighted by atomic mass is 10.3. The Morgan fingerprint density at radius 3 is 3.05 bits per heavy atom. The van der Waals surface area contributed by atoms with Crippen LogP contribution in [0, 0.1) is 0 Å². The third-order valence-electron chi connectivity index (χ3n) is 3.17. The van der Waals surface area contributed by atoms with Gasteiger partial charge in [-0.15, -0.1) is 0 Å². The van der Waals surface area contributed by atoms with E-state index >= 15 is 0 Å². The number of imidazole rings is 1. The molecule has 0 aliphatic rings. The highest BCUT2D eigenvalue weighted by molar-refractivity contribution is 5.74. The summed E-state index contributed by atoms with van der Waals surface area (Å²) in [4.78, 5) is 4.40. The van der Waals surface area contributed by atoms with Crippen molar-refractivity contribution in [3.05, 3.63) is 30.6 Å². The zero-order chi connectivity index (χ0) is 13.5. The maximum absolute atomic E-state index is 5.38. The van der Waals surface area contributed by atoms with E-state index in [9.17, 15) is 0 Å². The van der Waals surface area contributed by atoms with E-state index in [4.69, 9.17) is 4.74 Å². The van der Waals surface area contributed by atoms with Crippen LogP contribution in [0.3, 0.4) is 0 Å². The Morgan fingerprint density at radius 1 is 1.37 bits per heavy atom. The molecular formula is C15H23N3O. The Bertz CT molecular complexity index is 495. The van der Waals surface area contributed by atoms with Gasteiger partial charge in [-0.25, -0.2) is 4.98 Å². The summed E-state index contributed by atoms with van der Waals surface area (Å²) in [6.07, 6.45) is 3.02. The molecule has 1 atom stereocenters. The van der Waals surface area contributed by atoms with Gasteiger partial charge >= 0.3 is 0 Å². The number of ether oxygens (including phenoxy) is 1. The van der Waals surface area contributed by atoms with Crippen molar-refractivity contribution >= 4 is 11.0 Å². The maximum Gasteiger partial charge on any atom is 0.0958 e. The third-order valence-corrected chi connectivity index (χ3v) is 3.17. The molecular weight excluding hydrogens is 238 g/mol. The lowest BCUT2D eigenvalue weighted by Crippen LogP contribution is -2.31. The molecule has 0 amide bonds. The summed E-state index contributed by atoms with van der Waals surface area (Å²) in [7, 11) is 0. The number of aromatic nitrogens is 2. The number of hydrogen-bond acceptors (Lipinski definition) is 3. The maximum atomic E-state index is 5.38. The lowest BCUT2D eigenvalue weighted by Gasteiger charge is -2.13. The Labute approximate surface area is 114 Å². The molecule has 4 nitrogen and oxygen atoms in total. The molecule has 0 bridgehead atoms. The first-order valence-electron chi connectivity index (χ1n) is 7.02. The van der Waals surface area contributed by atoms with Crippen molar-refractivity contribution in [3.8, 4) is 0 Å². The average Bonchev–Trinajstić information content (AvgIpc) is 2.85. The quantitative estimate of drug-likeness (QED) is 0.742. The molecule has 2 aromatic rings. The fraction of sp³-hybridized carbons (Fsp3) is 0.533. The number of benzene rings is 1. The van der Waals surface area contributed by atoms with E-state index in [1.54, 1.807) is 0 Å². The molecule has 0 aliphatic heterocycles. The predicted octanol–water partition coefficient (Wildman–Crippen LogP) is 2.44. The Balaban J connectivity index is 1.74. The number of nitrogens with zero attached hydrogens (tertiary/aromatic N) is 2. The lowest BCUT2D eigenvalue weighted by molar-refractivity contribution is 0.127. The molecule has 0 saturated heterocycles. The van der Waals surface area contributed by atoms with Crippen molar-refractivity contribution in [3.63, 3.8) is 0 Å². The Morgan fingerprint density at radius 2 is 2.21 bits per heavy atom. The van der Waals surface area contributed by atoms with Crippen molar-refractivity contribution in [1.29, 1.82) is 0 Å². The van der Waals surface area contributed by atoms with Crippen molar-refractivity contribution in [2.45, 2.75) is 32.9 Å². The van der Waals surface area contributed by atoms with Crippen LogP contribution in [-0.4, -0.2) is 35.4 Å². The number of hydrogen-bond donors (Lipinski definition) is 1. The summed E-state index contributed by atoms with van der Waals surface area (Å²) in [5.74, 6) is 0. The molecule has 0 spiro atoms. The van der Waals surface area contributed by atoms with Gasteiger partial charge in [-0.1, -0.05) is 12.1 Å². The molecule has 0 aliphatic carbocycles. The minimum atomic E-state index is 0.416. The van der Waals surface area contributed by atoms with E-state index in [0.29, 0.717) is 6.04 Å². The van der Waals surface area contributed by atoms with Crippen LogP contribution in [0.1, 0.15) is 20.3 Å². The van der Waals surface area contributed by atoms with Crippen LogP contribution in [0.5, 0.6) is 0 Å². The average molecular weight is 261 g/mol. The minimum Gasteiger partial charge on any atom is -0.380 e. The van der Waals surface area contributed by atoms with Crippen molar-refractivity contribution in [2.24, 2.45) is 0 Å². The molecule has 0 radical (unpaired) electrons. The number of para-hydroxylation sites is 2. The smallest absolute Gasteiger partial charge is 0.0958 e. The molecule has 0 saturated carbocycles. The SMILES string of the molecule is CCOCC(C)NCCCn1cnc2ccccc21. The zero-order valence-corrected chi connectivity index (χ0v) is 11.8. The van der Waals surface area contributed by atoms with E-state index in [2.05, 4.69) is 33.9 Å². The molecule has 1 aromatic carbocycles. The van der Waals surface area contributed by atoms with Crippen LogP contribution < -0.4 is 5.32 Å². The topological polar surface area (TPSA) is 39.1 Å². The first-order chi connectivity index (χ1) is 9.31.